The molecular weight excluding hydrogens is 246 g/mol. The number of carboxylic acid groups (broad SMARTS) is 1. The summed E-state index contributed by atoms with van der Waals surface area (Å²) in [5.74, 6) is -0.708. The molecule has 6 heteroatoms. The summed E-state index contributed by atoms with van der Waals surface area (Å²) < 4.78 is 4.85. The normalized spacial score (nSPS) is 14.5. The first-order chi connectivity index (χ1) is 9.15. The largest absolute Gasteiger partial charge is 0.480 e. The lowest BCUT2D eigenvalue weighted by Gasteiger charge is -2.15. The quantitative estimate of drug-likeness (QED) is 0.819. The Morgan fingerprint density at radius 2 is 2.47 bits per heavy atom. The number of carboxylic acids is 1. The number of fused-ring (bicyclic) bond motifs is 1. The van der Waals surface area contributed by atoms with Crippen molar-refractivity contribution in [1.29, 1.82) is 5.26 Å². The van der Waals surface area contributed by atoms with Crippen LogP contribution in [0.1, 0.15) is 23.2 Å². The molecule has 1 aromatic rings. The molecule has 6 nitrogen and oxygen atoms in total. The molecule has 1 aliphatic rings. The lowest BCUT2D eigenvalue weighted by atomic mass is 10.1. The number of aliphatic carboxylic acids is 1. The summed E-state index contributed by atoms with van der Waals surface area (Å²) in [7, 11) is 1.43. The molecule has 1 atom stereocenters. The number of aromatic nitrogens is 1. The van der Waals surface area contributed by atoms with Crippen LogP contribution in [0.5, 0.6) is 0 Å². The minimum absolute atomic E-state index is 0.0129. The van der Waals surface area contributed by atoms with Gasteiger partial charge < -0.3 is 15.2 Å². The van der Waals surface area contributed by atoms with Crippen molar-refractivity contribution >= 4 is 11.8 Å². The third-order valence-corrected chi connectivity index (χ3v) is 3.11. The highest BCUT2D eigenvalue weighted by Gasteiger charge is 2.21. The molecule has 0 fully saturated rings. The monoisotopic (exact) mass is 261 g/mol. The van der Waals surface area contributed by atoms with Gasteiger partial charge >= 0.3 is 5.97 Å². The van der Waals surface area contributed by atoms with Crippen molar-refractivity contribution in [3.63, 3.8) is 0 Å². The maximum atomic E-state index is 11.1. The Morgan fingerprint density at radius 3 is 3.11 bits per heavy atom. The second kappa shape index (κ2) is 5.67. The fraction of sp³-hybridized carbons (Fsp3) is 0.462. The number of nitriles is 1. The second-order valence-electron chi connectivity index (χ2n) is 4.45. The maximum Gasteiger partial charge on any atom is 0.328 e. The van der Waals surface area contributed by atoms with Gasteiger partial charge in [0.1, 0.15) is 17.9 Å². The zero-order chi connectivity index (χ0) is 13.8. The topological polar surface area (TPSA) is 95.2 Å². The first-order valence-electron chi connectivity index (χ1n) is 6.07. The van der Waals surface area contributed by atoms with Crippen LogP contribution >= 0.6 is 0 Å². The fourth-order valence-electron chi connectivity index (χ4n) is 2.17. The van der Waals surface area contributed by atoms with E-state index < -0.39 is 12.0 Å². The molecule has 1 aliphatic carbocycles. The van der Waals surface area contributed by atoms with Crippen LogP contribution in [0.4, 0.5) is 5.82 Å². The van der Waals surface area contributed by atoms with Crippen LogP contribution < -0.4 is 5.32 Å². The van der Waals surface area contributed by atoms with Gasteiger partial charge in [0, 0.05) is 12.8 Å². The third kappa shape index (κ3) is 2.83. The predicted octanol–water partition coefficient (Wildman–Crippen LogP) is 0.953. The highest BCUT2D eigenvalue weighted by molar-refractivity contribution is 5.77. The number of ether oxygens (including phenoxy) is 1. The summed E-state index contributed by atoms with van der Waals surface area (Å²) in [6, 6.07) is 2.94. The summed E-state index contributed by atoms with van der Waals surface area (Å²) in [4.78, 5) is 15.4. The summed E-state index contributed by atoms with van der Waals surface area (Å²) in [5, 5.41) is 21.0. The van der Waals surface area contributed by atoms with Crippen molar-refractivity contribution < 1.29 is 14.6 Å². The zero-order valence-corrected chi connectivity index (χ0v) is 10.6. The fourth-order valence-corrected chi connectivity index (χ4v) is 2.17. The molecule has 0 amide bonds. The number of hydrogen-bond donors (Lipinski definition) is 2. The van der Waals surface area contributed by atoms with Gasteiger partial charge in [-0.05, 0) is 30.9 Å². The molecule has 0 bridgehead atoms. The maximum absolute atomic E-state index is 11.1. The number of pyridine rings is 1. The van der Waals surface area contributed by atoms with Crippen LogP contribution in [-0.2, 0) is 22.4 Å². The van der Waals surface area contributed by atoms with E-state index in [-0.39, 0.29) is 6.61 Å². The number of methoxy groups -OCH3 is 1. The Balaban J connectivity index is 2.28. The van der Waals surface area contributed by atoms with E-state index in [0.717, 1.165) is 30.5 Å². The molecule has 0 spiro atoms. The van der Waals surface area contributed by atoms with Crippen LogP contribution in [0.2, 0.25) is 0 Å². The third-order valence-electron chi connectivity index (χ3n) is 3.11. The predicted molar refractivity (Wildman–Crippen MR) is 67.9 cm³/mol. The summed E-state index contributed by atoms with van der Waals surface area (Å²) >= 11 is 0. The van der Waals surface area contributed by atoms with Gasteiger partial charge in [0.15, 0.2) is 0 Å². The summed E-state index contributed by atoms with van der Waals surface area (Å²) in [6.07, 6.45) is 2.83. The Hall–Kier alpha value is -2.13. The van der Waals surface area contributed by atoms with E-state index in [1.165, 1.54) is 7.11 Å². The van der Waals surface area contributed by atoms with E-state index in [2.05, 4.69) is 16.4 Å². The van der Waals surface area contributed by atoms with Gasteiger partial charge in [-0.25, -0.2) is 9.78 Å². The Labute approximate surface area is 111 Å². The Bertz CT molecular complexity index is 537. The lowest BCUT2D eigenvalue weighted by molar-refractivity contribution is -0.139. The highest BCUT2D eigenvalue weighted by atomic mass is 16.5. The van der Waals surface area contributed by atoms with Crippen molar-refractivity contribution in [2.45, 2.75) is 25.3 Å². The number of aryl methyl sites for hydroxylation is 2. The molecule has 0 aliphatic heterocycles. The molecule has 0 saturated carbocycles. The van der Waals surface area contributed by atoms with Gasteiger partial charge in [-0.15, -0.1) is 0 Å². The standard InChI is InChI=1S/C13H15N3O3/c1-19-7-11(13(17)18)16-12-9(6-14)5-8-3-2-4-10(8)15-12/h5,11H,2-4,7H2,1H3,(H,15,16)(H,17,18). The lowest BCUT2D eigenvalue weighted by Crippen LogP contribution is -2.34. The van der Waals surface area contributed by atoms with Crippen molar-refractivity contribution in [2.24, 2.45) is 0 Å². The van der Waals surface area contributed by atoms with Crippen LogP contribution in [0.15, 0.2) is 6.07 Å². The molecule has 0 radical (unpaired) electrons. The van der Waals surface area contributed by atoms with E-state index in [9.17, 15) is 4.79 Å². The molecule has 100 valence electrons. The van der Waals surface area contributed by atoms with Gasteiger partial charge in [-0.1, -0.05) is 0 Å². The number of anilines is 1. The molecule has 19 heavy (non-hydrogen) atoms. The van der Waals surface area contributed by atoms with E-state index in [4.69, 9.17) is 15.1 Å². The van der Waals surface area contributed by atoms with Crippen LogP contribution in [0, 0.1) is 11.3 Å². The summed E-state index contributed by atoms with van der Waals surface area (Å²) in [5.41, 5.74) is 2.41. The average molecular weight is 261 g/mol. The number of nitrogens with one attached hydrogen (secondary N) is 1. The molecular formula is C13H15N3O3. The van der Waals surface area contributed by atoms with E-state index in [1.807, 2.05) is 0 Å². The van der Waals surface area contributed by atoms with Gasteiger partial charge in [-0.3, -0.25) is 0 Å². The molecule has 0 saturated heterocycles. The number of carbonyl (C=O) groups is 1. The Kier molecular flexibility index (Phi) is 3.97. The molecule has 2 rings (SSSR count). The van der Waals surface area contributed by atoms with Crippen molar-refractivity contribution in [3.05, 3.63) is 22.9 Å². The molecule has 0 aromatic carbocycles. The molecule has 1 unspecified atom stereocenters. The smallest absolute Gasteiger partial charge is 0.328 e. The molecule has 1 heterocycles. The number of hydrogen-bond acceptors (Lipinski definition) is 5. The first-order valence-corrected chi connectivity index (χ1v) is 6.07. The molecule has 1 aromatic heterocycles. The summed E-state index contributed by atoms with van der Waals surface area (Å²) in [6.45, 7) is 0.0129. The van der Waals surface area contributed by atoms with Gasteiger partial charge in [0.2, 0.25) is 0 Å². The van der Waals surface area contributed by atoms with E-state index >= 15 is 0 Å². The van der Waals surface area contributed by atoms with Gasteiger partial charge in [0.25, 0.3) is 0 Å². The minimum Gasteiger partial charge on any atom is -0.480 e. The average Bonchev–Trinajstić information content (AvgIpc) is 2.84. The van der Waals surface area contributed by atoms with Crippen LogP contribution in [0.25, 0.3) is 0 Å². The minimum atomic E-state index is -1.03. The van der Waals surface area contributed by atoms with Crippen LogP contribution in [0.3, 0.4) is 0 Å². The van der Waals surface area contributed by atoms with Crippen LogP contribution in [-0.4, -0.2) is 35.8 Å². The van der Waals surface area contributed by atoms with Crippen molar-refractivity contribution in [1.82, 2.24) is 4.98 Å². The number of rotatable bonds is 5. The van der Waals surface area contributed by atoms with Crippen molar-refractivity contribution in [3.8, 4) is 6.07 Å². The van der Waals surface area contributed by atoms with Crippen molar-refractivity contribution in [2.75, 3.05) is 19.0 Å². The number of nitrogens with zero attached hydrogens (tertiary/aromatic N) is 2. The molecule has 2 N–H and O–H groups in total. The zero-order valence-electron chi connectivity index (χ0n) is 10.6. The van der Waals surface area contributed by atoms with E-state index in [0.29, 0.717) is 11.4 Å². The van der Waals surface area contributed by atoms with Gasteiger partial charge in [0.05, 0.1) is 12.2 Å². The SMILES string of the molecule is COCC(Nc1nc2c(cc1C#N)CCC2)C(=O)O. The van der Waals surface area contributed by atoms with E-state index in [1.54, 1.807) is 6.07 Å². The second-order valence-corrected chi connectivity index (χ2v) is 4.45. The van der Waals surface area contributed by atoms with Gasteiger partial charge in [-0.2, -0.15) is 5.26 Å². The highest BCUT2D eigenvalue weighted by Crippen LogP contribution is 2.25. The Morgan fingerprint density at radius 1 is 1.68 bits per heavy atom. The first kappa shape index (κ1) is 13.3.